The molecule has 1 aromatic heterocycles. The quantitative estimate of drug-likeness (QED) is 0.477. The van der Waals surface area contributed by atoms with E-state index in [1.54, 1.807) is 23.1 Å². The number of nitrogens with one attached hydrogen (secondary N) is 2. The van der Waals surface area contributed by atoms with Crippen molar-refractivity contribution in [2.75, 3.05) is 39.3 Å². The molecule has 3 heterocycles. The summed E-state index contributed by atoms with van der Waals surface area (Å²) >= 11 is 0. The van der Waals surface area contributed by atoms with Crippen LogP contribution in [0.1, 0.15) is 26.3 Å². The lowest BCUT2D eigenvalue weighted by atomic mass is 10.00. The molecule has 1 fully saturated rings. The van der Waals surface area contributed by atoms with Gasteiger partial charge in [-0.05, 0) is 30.3 Å². The van der Waals surface area contributed by atoms with E-state index in [4.69, 9.17) is 0 Å². The molecule has 9 nitrogen and oxygen atoms in total. The standard InChI is InChI=1S/C26H25N5O4/c1-2-21(32)31-13-11-30(12-14-31)10-9-27-25(34)16-7-8-20-18(15-16)24(33)23(28-20)22-17-5-3-4-6-19(17)29-26(22)35/h2-8,15,29,35H,1,9-14H2,(H,27,34). The fraction of sp³-hybridized carbons (Fsp3) is 0.231. The van der Waals surface area contributed by atoms with Crippen molar-refractivity contribution >= 4 is 39.9 Å². The fourth-order valence-electron chi connectivity index (χ4n) is 4.54. The van der Waals surface area contributed by atoms with Gasteiger partial charge >= 0.3 is 0 Å². The molecule has 2 aromatic carbocycles. The number of carbonyl (C=O) groups excluding carboxylic acids is 3. The van der Waals surface area contributed by atoms with E-state index in [-0.39, 0.29) is 29.2 Å². The van der Waals surface area contributed by atoms with Crippen molar-refractivity contribution in [3.8, 4) is 5.88 Å². The lowest BCUT2D eigenvalue weighted by Gasteiger charge is -2.34. The summed E-state index contributed by atoms with van der Waals surface area (Å²) in [4.78, 5) is 48.8. The molecular formula is C26H25N5O4. The summed E-state index contributed by atoms with van der Waals surface area (Å²) in [5.41, 5.74) is 2.40. The molecule has 178 valence electrons. The Bertz CT molecular complexity index is 1380. The van der Waals surface area contributed by atoms with Gasteiger partial charge in [0.05, 0.1) is 16.8 Å². The second kappa shape index (κ2) is 9.19. The Morgan fingerprint density at radius 2 is 1.91 bits per heavy atom. The molecule has 9 heteroatoms. The number of para-hydroxylation sites is 1. The van der Waals surface area contributed by atoms with Crippen molar-refractivity contribution in [3.63, 3.8) is 0 Å². The van der Waals surface area contributed by atoms with Crippen LogP contribution in [0, 0.1) is 0 Å². The number of piperazine rings is 1. The van der Waals surface area contributed by atoms with Gasteiger partial charge in [-0.25, -0.2) is 4.99 Å². The van der Waals surface area contributed by atoms with Gasteiger partial charge in [0.25, 0.3) is 5.91 Å². The molecule has 3 aromatic rings. The minimum atomic E-state index is -0.332. The van der Waals surface area contributed by atoms with Crippen LogP contribution in [-0.2, 0) is 4.79 Å². The zero-order valence-corrected chi connectivity index (χ0v) is 19.1. The molecule has 2 aliphatic heterocycles. The van der Waals surface area contributed by atoms with E-state index in [0.29, 0.717) is 59.5 Å². The summed E-state index contributed by atoms with van der Waals surface area (Å²) in [5.74, 6) is -0.777. The number of carbonyl (C=O) groups is 3. The number of hydrogen-bond donors (Lipinski definition) is 3. The molecule has 0 radical (unpaired) electrons. The van der Waals surface area contributed by atoms with Crippen LogP contribution in [0.25, 0.3) is 10.9 Å². The largest absolute Gasteiger partial charge is 0.494 e. The first-order valence-corrected chi connectivity index (χ1v) is 11.5. The van der Waals surface area contributed by atoms with Crippen molar-refractivity contribution in [1.29, 1.82) is 0 Å². The van der Waals surface area contributed by atoms with E-state index in [9.17, 15) is 19.5 Å². The predicted octanol–water partition coefficient (Wildman–Crippen LogP) is 2.25. The Morgan fingerprint density at radius 3 is 2.69 bits per heavy atom. The molecule has 35 heavy (non-hydrogen) atoms. The number of H-pyrrole nitrogens is 1. The number of nitrogens with zero attached hydrogens (tertiary/aromatic N) is 3. The fourth-order valence-corrected chi connectivity index (χ4v) is 4.54. The number of benzene rings is 2. The predicted molar refractivity (Wildman–Crippen MR) is 132 cm³/mol. The topological polar surface area (TPSA) is 118 Å². The van der Waals surface area contributed by atoms with Crippen LogP contribution in [0.15, 0.2) is 60.1 Å². The number of hydrogen-bond acceptors (Lipinski definition) is 6. The van der Waals surface area contributed by atoms with Crippen LogP contribution in [0.2, 0.25) is 0 Å². The SMILES string of the molecule is C=CC(=O)N1CCN(CCNC(=O)c2ccc3c(c2)C(=O)C(c2c(O)[nH]c4ccccc24)=N3)CC1. The third kappa shape index (κ3) is 4.22. The minimum Gasteiger partial charge on any atom is -0.494 e. The number of amides is 2. The second-order valence-electron chi connectivity index (χ2n) is 8.54. The Hall–Kier alpha value is -4.24. The van der Waals surface area contributed by atoms with Gasteiger partial charge in [0.1, 0.15) is 5.71 Å². The van der Waals surface area contributed by atoms with Gasteiger partial charge in [0.2, 0.25) is 11.7 Å². The van der Waals surface area contributed by atoms with Crippen LogP contribution >= 0.6 is 0 Å². The maximum atomic E-state index is 13.2. The molecule has 0 unspecified atom stereocenters. The van der Waals surface area contributed by atoms with Gasteiger partial charge in [0, 0.05) is 55.7 Å². The van der Waals surface area contributed by atoms with Gasteiger partial charge in [-0.3, -0.25) is 19.3 Å². The molecule has 0 atom stereocenters. The van der Waals surface area contributed by atoms with E-state index in [1.165, 1.54) is 6.08 Å². The van der Waals surface area contributed by atoms with Crippen molar-refractivity contribution in [3.05, 3.63) is 71.8 Å². The minimum absolute atomic E-state index is 0.0591. The lowest BCUT2D eigenvalue weighted by molar-refractivity contribution is -0.127. The van der Waals surface area contributed by atoms with Crippen LogP contribution in [0.5, 0.6) is 5.88 Å². The van der Waals surface area contributed by atoms with Crippen molar-refractivity contribution in [2.45, 2.75) is 0 Å². The lowest BCUT2D eigenvalue weighted by Crippen LogP contribution is -2.49. The van der Waals surface area contributed by atoms with Crippen molar-refractivity contribution < 1.29 is 19.5 Å². The highest BCUT2D eigenvalue weighted by Gasteiger charge is 2.31. The van der Waals surface area contributed by atoms with E-state index < -0.39 is 0 Å². The highest BCUT2D eigenvalue weighted by molar-refractivity contribution is 6.56. The number of aromatic hydroxyl groups is 1. The summed E-state index contributed by atoms with van der Waals surface area (Å²) in [6, 6.07) is 12.1. The van der Waals surface area contributed by atoms with E-state index in [0.717, 1.165) is 13.1 Å². The van der Waals surface area contributed by atoms with Gasteiger partial charge in [-0.15, -0.1) is 0 Å². The Kier molecular flexibility index (Phi) is 5.92. The van der Waals surface area contributed by atoms with Crippen LogP contribution in [-0.4, -0.2) is 82.5 Å². The molecule has 0 spiro atoms. The zero-order valence-electron chi connectivity index (χ0n) is 19.1. The van der Waals surface area contributed by atoms with Gasteiger partial charge in [-0.2, -0.15) is 0 Å². The summed E-state index contributed by atoms with van der Waals surface area (Å²) in [5, 5.41) is 14.0. The van der Waals surface area contributed by atoms with Gasteiger partial charge in [-0.1, -0.05) is 24.8 Å². The summed E-state index contributed by atoms with van der Waals surface area (Å²) < 4.78 is 0. The number of aromatic amines is 1. The summed E-state index contributed by atoms with van der Waals surface area (Å²) in [7, 11) is 0. The van der Waals surface area contributed by atoms with Crippen LogP contribution in [0.3, 0.4) is 0 Å². The molecule has 1 saturated heterocycles. The molecule has 0 aliphatic carbocycles. The molecular weight excluding hydrogens is 446 g/mol. The number of aliphatic imine (C=N–C) groups is 1. The maximum absolute atomic E-state index is 13.2. The molecule has 2 aliphatic rings. The molecule has 2 amide bonds. The Balaban J connectivity index is 1.22. The molecule has 5 rings (SSSR count). The molecule has 3 N–H and O–H groups in total. The van der Waals surface area contributed by atoms with Gasteiger partial charge in [0.15, 0.2) is 5.88 Å². The smallest absolute Gasteiger partial charge is 0.251 e. The van der Waals surface area contributed by atoms with Crippen LogP contribution in [0.4, 0.5) is 5.69 Å². The number of Topliss-reactive ketones (excluding diaryl/α,β-unsaturated/α-hetero) is 1. The van der Waals surface area contributed by atoms with Crippen LogP contribution < -0.4 is 5.32 Å². The monoisotopic (exact) mass is 471 g/mol. The average Bonchev–Trinajstić information content (AvgIpc) is 3.38. The van der Waals surface area contributed by atoms with E-state index in [2.05, 4.69) is 26.8 Å². The molecule has 0 saturated carbocycles. The Labute approximate surface area is 201 Å². The van der Waals surface area contributed by atoms with Crippen molar-refractivity contribution in [1.82, 2.24) is 20.1 Å². The maximum Gasteiger partial charge on any atom is 0.251 e. The summed E-state index contributed by atoms with van der Waals surface area (Å²) in [6.45, 7) is 7.39. The Morgan fingerprint density at radius 1 is 1.14 bits per heavy atom. The first kappa shape index (κ1) is 22.5. The first-order valence-electron chi connectivity index (χ1n) is 11.5. The number of aromatic nitrogens is 1. The molecule has 0 bridgehead atoms. The average molecular weight is 472 g/mol. The first-order chi connectivity index (χ1) is 17.0. The van der Waals surface area contributed by atoms with E-state index in [1.807, 2.05) is 24.3 Å². The van der Waals surface area contributed by atoms with E-state index >= 15 is 0 Å². The van der Waals surface area contributed by atoms with Crippen molar-refractivity contribution in [2.24, 2.45) is 4.99 Å². The third-order valence-electron chi connectivity index (χ3n) is 6.45. The number of ketones is 1. The highest BCUT2D eigenvalue weighted by Crippen LogP contribution is 2.35. The third-order valence-corrected chi connectivity index (χ3v) is 6.45. The summed E-state index contributed by atoms with van der Waals surface area (Å²) in [6.07, 6.45) is 1.33. The van der Waals surface area contributed by atoms with Gasteiger partial charge < -0.3 is 20.3 Å². The second-order valence-corrected chi connectivity index (χ2v) is 8.54. The number of fused-ring (bicyclic) bond motifs is 2. The number of rotatable bonds is 6. The normalized spacial score (nSPS) is 15.7. The highest BCUT2D eigenvalue weighted by atomic mass is 16.3. The zero-order chi connectivity index (χ0) is 24.5.